The number of rotatable bonds is 2. The Labute approximate surface area is 117 Å². The molecule has 2 aliphatic rings. The maximum atomic E-state index is 12.8. The number of guanidine groups is 1. The van der Waals surface area contributed by atoms with Crippen LogP contribution in [0, 0.1) is 0 Å². The number of aliphatic imine (C=N–C) groups is 1. The summed E-state index contributed by atoms with van der Waals surface area (Å²) in [6.07, 6.45) is 4.14. The Morgan fingerprint density at radius 1 is 1.25 bits per heavy atom. The van der Waals surface area contributed by atoms with Gasteiger partial charge in [0.1, 0.15) is 0 Å². The Morgan fingerprint density at radius 2 is 2.00 bits per heavy atom. The number of hydrogen-bond acceptors (Lipinski definition) is 1. The van der Waals surface area contributed by atoms with Crippen molar-refractivity contribution in [1.82, 2.24) is 0 Å². The summed E-state index contributed by atoms with van der Waals surface area (Å²) in [5, 5.41) is 3.08. The molecule has 0 aromatic heterocycles. The number of anilines is 1. The molecular formula is C15H19F2N3. The van der Waals surface area contributed by atoms with Crippen molar-refractivity contribution < 1.29 is 8.78 Å². The van der Waals surface area contributed by atoms with Crippen LogP contribution in [0.1, 0.15) is 36.8 Å². The van der Waals surface area contributed by atoms with Crippen molar-refractivity contribution in [3.63, 3.8) is 0 Å². The second-order valence-electron chi connectivity index (χ2n) is 5.71. The Hall–Kier alpha value is -1.65. The van der Waals surface area contributed by atoms with Crippen molar-refractivity contribution in [2.24, 2.45) is 10.7 Å². The van der Waals surface area contributed by atoms with Gasteiger partial charge in [0.25, 0.3) is 5.92 Å². The average Bonchev–Trinajstić information content (AvgIpc) is 2.37. The Balaban J connectivity index is 1.70. The molecule has 1 fully saturated rings. The van der Waals surface area contributed by atoms with E-state index in [1.54, 1.807) is 0 Å². The highest BCUT2D eigenvalue weighted by Crippen LogP contribution is 2.39. The molecule has 0 unspecified atom stereocenters. The molecule has 0 amide bonds. The van der Waals surface area contributed by atoms with Crippen LogP contribution in [0.4, 0.5) is 14.5 Å². The fraction of sp³-hybridized carbons (Fsp3) is 0.533. The number of nitrogens with one attached hydrogen (secondary N) is 1. The molecular weight excluding hydrogens is 260 g/mol. The molecule has 1 aromatic rings. The predicted octanol–water partition coefficient (Wildman–Crippen LogP) is 3.09. The number of alkyl halides is 2. The summed E-state index contributed by atoms with van der Waals surface area (Å²) in [5.41, 5.74) is 9.44. The first kappa shape index (κ1) is 13.3. The van der Waals surface area contributed by atoms with Gasteiger partial charge in [0.2, 0.25) is 0 Å². The number of nitrogens with zero attached hydrogens (tertiary/aromatic N) is 1. The summed E-state index contributed by atoms with van der Waals surface area (Å²) in [5.74, 6) is -2.31. The van der Waals surface area contributed by atoms with Gasteiger partial charge in [-0.2, -0.15) is 0 Å². The van der Waals surface area contributed by atoms with Crippen molar-refractivity contribution in [2.75, 3.05) is 5.32 Å². The van der Waals surface area contributed by atoms with E-state index in [1.807, 2.05) is 12.1 Å². The van der Waals surface area contributed by atoms with Crippen molar-refractivity contribution in [1.29, 1.82) is 0 Å². The first-order valence-electron chi connectivity index (χ1n) is 7.12. The van der Waals surface area contributed by atoms with Gasteiger partial charge in [0, 0.05) is 18.5 Å². The van der Waals surface area contributed by atoms with Crippen molar-refractivity contribution in [2.45, 2.75) is 50.5 Å². The van der Waals surface area contributed by atoms with Gasteiger partial charge < -0.3 is 11.1 Å². The van der Waals surface area contributed by atoms with Crippen molar-refractivity contribution >= 4 is 11.6 Å². The Kier molecular flexibility index (Phi) is 3.36. The van der Waals surface area contributed by atoms with Crippen LogP contribution in [-0.4, -0.2) is 17.9 Å². The third-order valence-corrected chi connectivity index (χ3v) is 4.05. The molecule has 1 aromatic carbocycles. The highest BCUT2D eigenvalue weighted by Gasteiger charge is 2.45. The minimum absolute atomic E-state index is 0.192. The topological polar surface area (TPSA) is 50.4 Å². The quantitative estimate of drug-likeness (QED) is 0.645. The lowest BCUT2D eigenvalue weighted by Gasteiger charge is -2.32. The summed E-state index contributed by atoms with van der Waals surface area (Å²) in [6, 6.07) is 5.76. The molecule has 0 atom stereocenters. The van der Waals surface area contributed by atoms with Gasteiger partial charge in [-0.1, -0.05) is 12.1 Å². The zero-order valence-corrected chi connectivity index (χ0v) is 11.3. The van der Waals surface area contributed by atoms with Gasteiger partial charge in [-0.3, -0.25) is 0 Å². The lowest BCUT2D eigenvalue weighted by Crippen LogP contribution is -2.40. The molecule has 0 bridgehead atoms. The van der Waals surface area contributed by atoms with Crippen LogP contribution in [0.25, 0.3) is 0 Å². The normalized spacial score (nSPS) is 22.0. The summed E-state index contributed by atoms with van der Waals surface area (Å²) in [6.45, 7) is 0. The lowest BCUT2D eigenvalue weighted by molar-refractivity contribution is -0.0834. The largest absolute Gasteiger partial charge is 0.370 e. The molecule has 108 valence electrons. The number of nitrogens with two attached hydrogens (primary N) is 1. The van der Waals surface area contributed by atoms with Crippen molar-refractivity contribution in [3.05, 3.63) is 29.3 Å². The minimum atomic E-state index is -2.56. The monoisotopic (exact) mass is 279 g/mol. The highest BCUT2D eigenvalue weighted by atomic mass is 19.3. The van der Waals surface area contributed by atoms with E-state index in [0.717, 1.165) is 18.5 Å². The van der Waals surface area contributed by atoms with Gasteiger partial charge >= 0.3 is 0 Å². The standard InChI is InChI=1S/C15H19F2N3/c16-15(17)8-11(9-15)19-14(18)20-13-7-3-5-10-4-1-2-6-12(10)13/h3,5,7,11H,1-2,4,6,8-9H2,(H3,18,19,20). The second kappa shape index (κ2) is 5.04. The van der Waals surface area contributed by atoms with Crippen LogP contribution < -0.4 is 11.1 Å². The lowest BCUT2D eigenvalue weighted by atomic mass is 9.89. The van der Waals surface area contributed by atoms with Crippen LogP contribution in [0.5, 0.6) is 0 Å². The summed E-state index contributed by atoms with van der Waals surface area (Å²) in [7, 11) is 0. The number of hydrogen-bond donors (Lipinski definition) is 2. The van der Waals surface area contributed by atoms with E-state index >= 15 is 0 Å². The van der Waals surface area contributed by atoms with Crippen LogP contribution >= 0.6 is 0 Å². The molecule has 0 saturated heterocycles. The maximum Gasteiger partial charge on any atom is 0.252 e. The second-order valence-corrected chi connectivity index (χ2v) is 5.71. The number of fused-ring (bicyclic) bond motifs is 1. The zero-order valence-electron chi connectivity index (χ0n) is 11.3. The summed E-state index contributed by atoms with van der Waals surface area (Å²) < 4.78 is 25.5. The van der Waals surface area contributed by atoms with Crippen LogP contribution in [0.2, 0.25) is 0 Å². The number of benzene rings is 1. The molecule has 3 rings (SSSR count). The van der Waals surface area contributed by atoms with E-state index in [9.17, 15) is 8.78 Å². The van der Waals surface area contributed by atoms with Gasteiger partial charge in [0.15, 0.2) is 5.96 Å². The van der Waals surface area contributed by atoms with E-state index in [2.05, 4.69) is 16.4 Å². The van der Waals surface area contributed by atoms with E-state index in [4.69, 9.17) is 5.73 Å². The summed E-state index contributed by atoms with van der Waals surface area (Å²) >= 11 is 0. The Bertz CT molecular complexity index is 532. The van der Waals surface area contributed by atoms with Gasteiger partial charge in [-0.15, -0.1) is 0 Å². The number of halogens is 2. The molecule has 0 radical (unpaired) electrons. The molecule has 0 heterocycles. The third kappa shape index (κ3) is 2.76. The highest BCUT2D eigenvalue weighted by molar-refractivity contribution is 5.93. The van der Waals surface area contributed by atoms with Gasteiger partial charge in [-0.05, 0) is 42.9 Å². The van der Waals surface area contributed by atoms with E-state index in [-0.39, 0.29) is 24.8 Å². The predicted molar refractivity (Wildman–Crippen MR) is 76.3 cm³/mol. The van der Waals surface area contributed by atoms with Crippen LogP contribution in [-0.2, 0) is 12.8 Å². The van der Waals surface area contributed by atoms with Gasteiger partial charge in [-0.25, -0.2) is 13.8 Å². The summed E-state index contributed by atoms with van der Waals surface area (Å²) in [4.78, 5) is 4.13. The van der Waals surface area contributed by atoms with Gasteiger partial charge in [0.05, 0.1) is 6.04 Å². The molecule has 3 N–H and O–H groups in total. The number of aryl methyl sites for hydroxylation is 1. The zero-order chi connectivity index (χ0) is 14.2. The average molecular weight is 279 g/mol. The maximum absolute atomic E-state index is 12.8. The Morgan fingerprint density at radius 3 is 2.75 bits per heavy atom. The van der Waals surface area contributed by atoms with Crippen LogP contribution in [0.3, 0.4) is 0 Å². The molecule has 5 heteroatoms. The fourth-order valence-electron chi connectivity index (χ4n) is 2.99. The van der Waals surface area contributed by atoms with E-state index in [0.29, 0.717) is 0 Å². The van der Waals surface area contributed by atoms with Crippen LogP contribution in [0.15, 0.2) is 23.2 Å². The van der Waals surface area contributed by atoms with E-state index in [1.165, 1.54) is 24.0 Å². The first-order valence-corrected chi connectivity index (χ1v) is 7.12. The third-order valence-electron chi connectivity index (χ3n) is 4.05. The van der Waals surface area contributed by atoms with Crippen molar-refractivity contribution in [3.8, 4) is 0 Å². The first-order chi connectivity index (χ1) is 9.53. The fourth-order valence-corrected chi connectivity index (χ4v) is 2.99. The molecule has 20 heavy (non-hydrogen) atoms. The SMILES string of the molecule is NC(=NC1CC(F)(F)C1)Nc1cccc2c1CCCC2. The molecule has 0 aliphatic heterocycles. The molecule has 0 spiro atoms. The molecule has 2 aliphatic carbocycles. The molecule has 1 saturated carbocycles. The van der Waals surface area contributed by atoms with E-state index < -0.39 is 5.92 Å². The smallest absolute Gasteiger partial charge is 0.252 e. The molecule has 3 nitrogen and oxygen atoms in total. The minimum Gasteiger partial charge on any atom is -0.370 e.